The monoisotopic (exact) mass is 1810 g/mol. The number of ether oxygens (including phenoxy) is 7. The van der Waals surface area contributed by atoms with Gasteiger partial charge < -0.3 is 147 Å². The van der Waals surface area contributed by atoms with Crippen molar-refractivity contribution < 1.29 is 138 Å². The average Bonchev–Trinajstić information content (AvgIpc) is 0.755. The zero-order valence-electron chi connectivity index (χ0n) is 69.7. The third-order valence-electron chi connectivity index (χ3n) is 22.7. The van der Waals surface area contributed by atoms with E-state index in [0.29, 0.717) is 30.9 Å². The normalized spacial score (nSPS) is 25.8. The molecule has 0 spiro atoms. The van der Waals surface area contributed by atoms with Crippen molar-refractivity contribution in [2.75, 3.05) is 40.8 Å². The van der Waals surface area contributed by atoms with Crippen LogP contribution in [0.5, 0.6) is 69.0 Å². The van der Waals surface area contributed by atoms with Gasteiger partial charge in [-0.1, -0.05) is 106 Å². The molecule has 2 saturated heterocycles. The van der Waals surface area contributed by atoms with E-state index in [1.807, 2.05) is 0 Å². The predicted molar refractivity (Wildman–Crippen MR) is 452 cm³/mol. The molecule has 40 heteroatoms. The maximum Gasteiger partial charge on any atom is 0.335 e. The highest BCUT2D eigenvalue weighted by Crippen LogP contribution is 2.51. The average molecular weight is 1820 g/mol. The number of nitrogens with zero attached hydrogens (tertiary/aromatic N) is 1. The second-order valence-corrected chi connectivity index (χ2v) is 33.5. The van der Waals surface area contributed by atoms with E-state index in [0.717, 1.165) is 105 Å². The molecule has 128 heavy (non-hydrogen) atoms. The van der Waals surface area contributed by atoms with E-state index in [4.69, 9.17) is 56.4 Å². The van der Waals surface area contributed by atoms with E-state index in [1.54, 1.807) is 19.0 Å². The van der Waals surface area contributed by atoms with Crippen LogP contribution in [0.25, 0.3) is 11.1 Å². The maximum absolute atomic E-state index is 16.8. The number of rotatable bonds is 22. The SMILES string of the molecule is CN[C@H]1C(=O)N[C@@H]2Cc3ccc(cc3)Oc3cc4cc(c3O[C@@H]3O[C@@H](C(=O)O)[C@@H](O)[C@H](O)[C@H]3NC(=O)CCCCCCCCC(C)C)Oc3ccc(cc3Cl)[C@@H](O)[C@@H]3NC(=O)[C@@H](NC(=O)[C@@H]4NC(=O)[C@H](NC2=O)c2cc(cc(O)c2Cl)Oc2cc1ccc2O)c1ccc(O)c(c1)-c1c(O[C@@H]2O[C@H](CO)[C@H](O)[C@H](O)[C@@H]2O)cc(O)cc1[C@@H](C(=O)NCCCN(C)C)NC3=O. The van der Waals surface area contributed by atoms with Gasteiger partial charge in [-0.3, -0.25) is 38.4 Å². The quantitative estimate of drug-likeness (QED) is 0.0423. The number of nitrogens with one attached hydrogen (secondary N) is 9. The molecular weight excluding hydrogens is 1720 g/mol. The lowest BCUT2D eigenvalue weighted by atomic mass is 9.89. The van der Waals surface area contributed by atoms with Crippen LogP contribution in [0.3, 0.4) is 0 Å². The topological polar surface area (TPSA) is 573 Å². The molecule has 0 aromatic heterocycles. The Morgan fingerprint density at radius 3 is 1.91 bits per heavy atom. The summed E-state index contributed by atoms with van der Waals surface area (Å²) >= 11 is 14.3. The zero-order valence-corrected chi connectivity index (χ0v) is 71.2. The Morgan fingerprint density at radius 1 is 0.562 bits per heavy atom. The number of carboxylic acid groups (broad SMARTS) is 1. The van der Waals surface area contributed by atoms with Gasteiger partial charge in [-0.2, -0.15) is 0 Å². The Bertz CT molecular complexity index is 5340. The minimum absolute atomic E-state index is 0.0943. The van der Waals surface area contributed by atoms with E-state index in [1.165, 1.54) is 49.5 Å². The van der Waals surface area contributed by atoms with Gasteiger partial charge in [0.15, 0.2) is 29.1 Å². The summed E-state index contributed by atoms with van der Waals surface area (Å²) in [5.41, 5.74) is -2.68. The molecule has 18 atom stereocenters. The van der Waals surface area contributed by atoms with Crippen LogP contribution >= 0.6 is 23.2 Å². The number of carbonyl (C=O) groups is 9. The van der Waals surface area contributed by atoms with Crippen molar-refractivity contribution in [3.63, 3.8) is 0 Å². The number of amides is 8. The summed E-state index contributed by atoms with van der Waals surface area (Å²) < 4.78 is 44.5. The number of aliphatic hydroxyl groups excluding tert-OH is 7. The standard InChI is InChI=1S/C88H100Cl2N10O28/c1-38(2)13-10-8-6-7-9-11-14-61(106)94-70-73(109)75(111)78(86(120)121)128-87(70)127-77-58-31-43-32-59(77)124-55-24-19-42(29-50(55)89)71(107)69-85(119)98-67(80(114)92-25-12-26-100(4)5)48-33-44(102)34-57(125-88-76(112)74(110)72(108)60(37-101)126-88)62(48)47-28-40(17-22-52(47)103)65(82(116)99-69)95-83(117)66(43)96-84(118)68-49-35-46(36-54(105)63(49)90)123-56-30-41(18-23-53(56)104)64(91-3)81(115)93-51(79(113)97-68)27-39-15-20-45(122-58)21-16-39/h15-24,28-36,38,51,60,64-76,78,87-88,91,101-105,107-112H,6-14,25-27,37H2,1-5H3,(H,92,114)(H,93,115)(H,94,106)(H,95,117)(H,96,118)(H,97,113)(H,98,119)(H,99,116)(H,120,121)/t51-,60-,64-,65+,66-,67+,68-,69+,70-,71-,72+,73-,74+,75+,76+,78-,87-,88-/m1/s1. The molecule has 0 unspecified atom stereocenters. The molecule has 8 aliphatic rings. The lowest BCUT2D eigenvalue weighted by Gasteiger charge is -2.41. The fourth-order valence-corrected chi connectivity index (χ4v) is 16.4. The highest BCUT2D eigenvalue weighted by molar-refractivity contribution is 6.33. The second-order valence-electron chi connectivity index (χ2n) is 32.7. The Labute approximate surface area is 742 Å². The zero-order chi connectivity index (χ0) is 92.0. The number of aliphatic hydroxyl groups is 7. The van der Waals surface area contributed by atoms with Crippen LogP contribution < -0.4 is 71.5 Å². The van der Waals surface area contributed by atoms with Crippen molar-refractivity contribution in [3.8, 4) is 80.1 Å². The van der Waals surface area contributed by atoms with Gasteiger partial charge in [0.2, 0.25) is 65.6 Å². The number of aliphatic carboxylic acids is 1. The molecule has 7 aromatic rings. The molecule has 0 aliphatic carbocycles. The number of aromatic hydroxyl groups is 4. The smallest absolute Gasteiger partial charge is 0.335 e. The number of phenolic OH excluding ortho intramolecular Hbond substituents is 4. The fourth-order valence-electron chi connectivity index (χ4n) is 15.9. The first kappa shape index (κ1) is 93.7. The van der Waals surface area contributed by atoms with E-state index in [9.17, 15) is 75.7 Å². The number of benzene rings is 7. The van der Waals surface area contributed by atoms with Crippen LogP contribution in [0.4, 0.5) is 0 Å². The van der Waals surface area contributed by atoms with Crippen molar-refractivity contribution in [2.45, 2.75) is 188 Å². The maximum atomic E-state index is 16.8. The molecule has 17 bridgehead atoms. The number of hydrogen-bond donors (Lipinski definition) is 21. The summed E-state index contributed by atoms with van der Waals surface area (Å²) in [7, 11) is 4.95. The fraction of sp³-hybridized carbons (Fsp3) is 0.420. The van der Waals surface area contributed by atoms with Crippen LogP contribution in [0.2, 0.25) is 10.0 Å². The molecule has 15 rings (SSSR count). The number of phenols is 4. The third kappa shape index (κ3) is 21.1. The summed E-state index contributed by atoms with van der Waals surface area (Å²) in [6.45, 7) is 3.61. The number of fused-ring (bicyclic) bond motifs is 14. The summed E-state index contributed by atoms with van der Waals surface area (Å²) in [5, 5.41) is 161. The van der Waals surface area contributed by atoms with Crippen LogP contribution in [0.15, 0.2) is 115 Å². The van der Waals surface area contributed by atoms with Crippen molar-refractivity contribution in [1.82, 2.24) is 52.8 Å². The van der Waals surface area contributed by atoms with Gasteiger partial charge in [0.05, 0.1) is 16.7 Å². The number of halogens is 2. The van der Waals surface area contributed by atoms with Crippen LogP contribution in [-0.4, -0.2) is 234 Å². The Kier molecular flexibility index (Phi) is 29.7. The predicted octanol–water partition coefficient (Wildman–Crippen LogP) is 4.17. The molecule has 684 valence electrons. The summed E-state index contributed by atoms with van der Waals surface area (Å²) in [6.07, 6.45) is -15.8. The minimum atomic E-state index is -2.45. The highest BCUT2D eigenvalue weighted by atomic mass is 35.5. The third-order valence-corrected chi connectivity index (χ3v) is 23.4. The van der Waals surface area contributed by atoms with E-state index in [2.05, 4.69) is 61.7 Å². The van der Waals surface area contributed by atoms with Crippen molar-refractivity contribution >= 4 is 76.4 Å². The van der Waals surface area contributed by atoms with Gasteiger partial charge in [-0.15, -0.1) is 0 Å². The molecule has 8 heterocycles. The van der Waals surface area contributed by atoms with Gasteiger partial charge in [-0.05, 0) is 153 Å². The number of likely N-dealkylation sites (N-methyl/N-ethyl adjacent to an activating group) is 1. The molecule has 0 radical (unpaired) electrons. The molecule has 0 saturated carbocycles. The van der Waals surface area contributed by atoms with Crippen molar-refractivity contribution in [3.05, 3.63) is 164 Å². The Morgan fingerprint density at radius 2 is 1.21 bits per heavy atom. The number of hydrogen-bond acceptors (Lipinski definition) is 29. The van der Waals surface area contributed by atoms with Crippen LogP contribution in [0, 0.1) is 5.92 Å². The largest absolute Gasteiger partial charge is 0.508 e. The number of carbonyl (C=O) groups excluding carboxylic acids is 8. The molecule has 8 aliphatic heterocycles. The second kappa shape index (κ2) is 40.6. The minimum Gasteiger partial charge on any atom is -0.508 e. The molecule has 8 amide bonds. The van der Waals surface area contributed by atoms with Crippen LogP contribution in [-0.2, 0) is 59.0 Å². The molecule has 7 aromatic carbocycles. The van der Waals surface area contributed by atoms with Gasteiger partial charge in [0.25, 0.3) is 0 Å². The van der Waals surface area contributed by atoms with E-state index < -0.39 is 271 Å². The number of carboxylic acids is 1. The van der Waals surface area contributed by atoms with Gasteiger partial charge >= 0.3 is 5.97 Å². The van der Waals surface area contributed by atoms with Gasteiger partial charge in [0.1, 0.15) is 131 Å². The van der Waals surface area contributed by atoms with Crippen molar-refractivity contribution in [2.24, 2.45) is 5.92 Å². The number of unbranched alkanes of at least 4 members (excludes halogenated alkanes) is 5. The summed E-state index contributed by atoms with van der Waals surface area (Å²) in [6, 6.07) is 5.68. The van der Waals surface area contributed by atoms with Gasteiger partial charge in [-0.25, -0.2) is 4.79 Å². The van der Waals surface area contributed by atoms with E-state index >= 15 is 28.8 Å². The summed E-state index contributed by atoms with van der Waals surface area (Å²) in [4.78, 5) is 140. The first-order valence-electron chi connectivity index (χ1n) is 41.5. The summed E-state index contributed by atoms with van der Waals surface area (Å²) in [5.74, 6) is -17.5. The Balaban J connectivity index is 1.04. The molecule has 38 nitrogen and oxygen atoms in total. The highest BCUT2D eigenvalue weighted by Gasteiger charge is 2.52. The van der Waals surface area contributed by atoms with Gasteiger partial charge in [0, 0.05) is 48.2 Å². The molecular formula is C88H100Cl2N10O28. The molecule has 21 N–H and O–H groups in total. The van der Waals surface area contributed by atoms with E-state index in [-0.39, 0.29) is 47.8 Å². The molecule has 2 fully saturated rings. The lowest BCUT2D eigenvalue weighted by molar-refractivity contribution is -0.277. The van der Waals surface area contributed by atoms with Crippen molar-refractivity contribution in [1.29, 1.82) is 0 Å². The van der Waals surface area contributed by atoms with Crippen LogP contribution in [0.1, 0.15) is 147 Å². The lowest BCUT2D eigenvalue weighted by Crippen LogP contribution is -2.66. The first-order chi connectivity index (χ1) is 61.1. The first-order valence-corrected chi connectivity index (χ1v) is 42.3. The Hall–Kier alpha value is -11.9.